The molecule has 0 unspecified atom stereocenters. The van der Waals surface area contributed by atoms with E-state index in [0.717, 1.165) is 16.3 Å². The smallest absolute Gasteiger partial charge is 0.255 e. The van der Waals surface area contributed by atoms with Crippen LogP contribution in [-0.4, -0.2) is 16.8 Å². The highest BCUT2D eigenvalue weighted by molar-refractivity contribution is 7.98. The molecule has 3 rings (SSSR count). The van der Waals surface area contributed by atoms with Gasteiger partial charge in [-0.3, -0.25) is 9.59 Å². The second kappa shape index (κ2) is 7.96. The Balaban J connectivity index is 1.59. The van der Waals surface area contributed by atoms with E-state index in [1.54, 1.807) is 59.5 Å². The second-order valence-corrected chi connectivity index (χ2v) is 6.96. The Bertz CT molecular complexity index is 860. The molecule has 0 spiro atoms. The standard InChI is InChI=1S/C18H15N3O2S2/c19-17(22)12-1-5-14(6-2-12)21-18(23)13-3-7-16(8-4-13)25-10-15-9-24-11-20-15/h1-9,11H,10H2,(H2,19,22)(H,21,23). The van der Waals surface area contributed by atoms with Crippen molar-refractivity contribution < 1.29 is 9.59 Å². The first-order valence-corrected chi connectivity index (χ1v) is 9.36. The molecule has 1 aromatic heterocycles. The van der Waals surface area contributed by atoms with Gasteiger partial charge in [-0.05, 0) is 48.5 Å². The Hall–Kier alpha value is -2.64. The molecule has 0 saturated heterocycles. The normalized spacial score (nSPS) is 10.4. The molecule has 0 aliphatic carbocycles. The molecule has 126 valence electrons. The minimum Gasteiger partial charge on any atom is -0.366 e. The first kappa shape index (κ1) is 17.2. The summed E-state index contributed by atoms with van der Waals surface area (Å²) in [5, 5.41) is 4.82. The zero-order valence-corrected chi connectivity index (χ0v) is 14.8. The third-order valence-electron chi connectivity index (χ3n) is 3.41. The summed E-state index contributed by atoms with van der Waals surface area (Å²) in [6.07, 6.45) is 0. The van der Waals surface area contributed by atoms with E-state index in [2.05, 4.69) is 10.3 Å². The number of nitrogens with two attached hydrogens (primary N) is 1. The van der Waals surface area contributed by atoms with Crippen molar-refractivity contribution in [2.24, 2.45) is 5.73 Å². The maximum absolute atomic E-state index is 12.3. The lowest BCUT2D eigenvalue weighted by atomic mass is 10.2. The van der Waals surface area contributed by atoms with Crippen LogP contribution in [0.3, 0.4) is 0 Å². The number of aromatic nitrogens is 1. The Kier molecular flexibility index (Phi) is 5.47. The molecular weight excluding hydrogens is 354 g/mol. The van der Waals surface area contributed by atoms with Crippen LogP contribution < -0.4 is 11.1 Å². The minimum atomic E-state index is -0.497. The number of thioether (sulfide) groups is 1. The summed E-state index contributed by atoms with van der Waals surface area (Å²) in [6.45, 7) is 0. The number of primary amides is 1. The van der Waals surface area contributed by atoms with Crippen molar-refractivity contribution in [3.05, 3.63) is 76.2 Å². The molecule has 5 nitrogen and oxygen atoms in total. The molecule has 2 amide bonds. The fraction of sp³-hybridized carbons (Fsp3) is 0.0556. The quantitative estimate of drug-likeness (QED) is 0.648. The van der Waals surface area contributed by atoms with Crippen LogP contribution >= 0.6 is 23.1 Å². The number of amides is 2. The zero-order chi connectivity index (χ0) is 17.6. The number of anilines is 1. The molecule has 0 saturated carbocycles. The summed E-state index contributed by atoms with van der Waals surface area (Å²) in [5.41, 5.74) is 9.64. The predicted molar refractivity (Wildman–Crippen MR) is 101 cm³/mol. The third-order valence-corrected chi connectivity index (χ3v) is 5.09. The number of carbonyl (C=O) groups is 2. The van der Waals surface area contributed by atoms with Gasteiger partial charge in [0.25, 0.3) is 5.91 Å². The number of rotatable bonds is 6. The minimum absolute atomic E-state index is 0.206. The molecule has 0 atom stereocenters. The first-order chi connectivity index (χ1) is 12.1. The third kappa shape index (κ3) is 4.68. The maximum atomic E-state index is 12.3. The highest BCUT2D eigenvalue weighted by Crippen LogP contribution is 2.23. The second-order valence-electron chi connectivity index (χ2n) is 5.19. The number of carbonyl (C=O) groups excluding carboxylic acids is 2. The molecule has 3 aromatic rings. The number of nitrogens with zero attached hydrogens (tertiary/aromatic N) is 1. The van der Waals surface area contributed by atoms with Crippen molar-refractivity contribution in [3.8, 4) is 0 Å². The van der Waals surface area contributed by atoms with Gasteiger partial charge < -0.3 is 11.1 Å². The molecule has 3 N–H and O–H groups in total. The van der Waals surface area contributed by atoms with Gasteiger partial charge in [0.05, 0.1) is 11.2 Å². The summed E-state index contributed by atoms with van der Waals surface area (Å²) >= 11 is 3.26. The molecule has 0 bridgehead atoms. The molecule has 0 aliphatic rings. The fourth-order valence-corrected chi connectivity index (χ4v) is 3.55. The Labute approximate surface area is 153 Å². The first-order valence-electron chi connectivity index (χ1n) is 7.43. The number of hydrogen-bond donors (Lipinski definition) is 2. The predicted octanol–water partition coefficient (Wildman–Crippen LogP) is 3.79. The molecule has 0 aliphatic heterocycles. The summed E-state index contributed by atoms with van der Waals surface area (Å²) in [5.74, 6) is 0.104. The zero-order valence-electron chi connectivity index (χ0n) is 13.1. The highest BCUT2D eigenvalue weighted by Gasteiger charge is 2.07. The van der Waals surface area contributed by atoms with Crippen molar-refractivity contribution in [2.75, 3.05) is 5.32 Å². The number of nitrogens with one attached hydrogen (secondary N) is 1. The molecule has 2 aromatic carbocycles. The van der Waals surface area contributed by atoms with E-state index in [-0.39, 0.29) is 5.91 Å². The van der Waals surface area contributed by atoms with E-state index >= 15 is 0 Å². The van der Waals surface area contributed by atoms with Gasteiger partial charge in [0.2, 0.25) is 5.91 Å². The van der Waals surface area contributed by atoms with Crippen molar-refractivity contribution in [2.45, 2.75) is 10.6 Å². The van der Waals surface area contributed by atoms with Gasteiger partial charge in [0, 0.05) is 32.8 Å². The van der Waals surface area contributed by atoms with E-state index in [1.165, 1.54) is 0 Å². The highest BCUT2D eigenvalue weighted by atomic mass is 32.2. The van der Waals surface area contributed by atoms with Crippen LogP contribution in [0.5, 0.6) is 0 Å². The van der Waals surface area contributed by atoms with Crippen molar-refractivity contribution >= 4 is 40.6 Å². The van der Waals surface area contributed by atoms with Gasteiger partial charge in [-0.25, -0.2) is 4.98 Å². The monoisotopic (exact) mass is 369 g/mol. The van der Waals surface area contributed by atoms with Gasteiger partial charge in [-0.15, -0.1) is 23.1 Å². The maximum Gasteiger partial charge on any atom is 0.255 e. The lowest BCUT2D eigenvalue weighted by molar-refractivity contribution is 0.0998. The van der Waals surface area contributed by atoms with Crippen molar-refractivity contribution in [1.29, 1.82) is 0 Å². The molecule has 7 heteroatoms. The van der Waals surface area contributed by atoms with Gasteiger partial charge in [0.15, 0.2) is 0 Å². The number of thiazole rings is 1. The van der Waals surface area contributed by atoms with E-state index < -0.39 is 5.91 Å². The lowest BCUT2D eigenvalue weighted by Gasteiger charge is -2.07. The van der Waals surface area contributed by atoms with Gasteiger partial charge in [-0.1, -0.05) is 0 Å². The van der Waals surface area contributed by atoms with E-state index in [1.807, 2.05) is 23.0 Å². The summed E-state index contributed by atoms with van der Waals surface area (Å²) < 4.78 is 0. The van der Waals surface area contributed by atoms with Crippen molar-refractivity contribution in [3.63, 3.8) is 0 Å². The summed E-state index contributed by atoms with van der Waals surface area (Å²) in [6, 6.07) is 13.9. The van der Waals surface area contributed by atoms with Crippen LogP contribution in [0.25, 0.3) is 0 Å². The van der Waals surface area contributed by atoms with Crippen LogP contribution in [0.4, 0.5) is 5.69 Å². The lowest BCUT2D eigenvalue weighted by Crippen LogP contribution is -2.13. The SMILES string of the molecule is NC(=O)c1ccc(NC(=O)c2ccc(SCc3cscn3)cc2)cc1. The summed E-state index contributed by atoms with van der Waals surface area (Å²) in [4.78, 5) is 28.6. The van der Waals surface area contributed by atoms with Crippen molar-refractivity contribution in [1.82, 2.24) is 4.98 Å². The average molecular weight is 369 g/mol. The number of hydrogen-bond acceptors (Lipinski definition) is 5. The van der Waals surface area contributed by atoms with Crippen LogP contribution in [0.1, 0.15) is 26.4 Å². The Morgan fingerprint density at radius 1 is 1.04 bits per heavy atom. The van der Waals surface area contributed by atoms with E-state index in [9.17, 15) is 9.59 Å². The van der Waals surface area contributed by atoms with E-state index in [4.69, 9.17) is 5.73 Å². The molecule has 0 radical (unpaired) electrons. The van der Waals surface area contributed by atoms with Gasteiger partial charge >= 0.3 is 0 Å². The van der Waals surface area contributed by atoms with Crippen LogP contribution in [0.2, 0.25) is 0 Å². The van der Waals surface area contributed by atoms with Crippen LogP contribution in [0, 0.1) is 0 Å². The largest absolute Gasteiger partial charge is 0.366 e. The van der Waals surface area contributed by atoms with Gasteiger partial charge in [0.1, 0.15) is 0 Å². The van der Waals surface area contributed by atoms with Crippen LogP contribution in [0.15, 0.2) is 64.3 Å². The Morgan fingerprint density at radius 3 is 2.32 bits per heavy atom. The average Bonchev–Trinajstić information content (AvgIpc) is 3.14. The fourth-order valence-electron chi connectivity index (χ4n) is 2.09. The Morgan fingerprint density at radius 2 is 1.72 bits per heavy atom. The molecule has 25 heavy (non-hydrogen) atoms. The molecule has 1 heterocycles. The molecular formula is C18H15N3O2S2. The van der Waals surface area contributed by atoms with E-state index in [0.29, 0.717) is 16.8 Å². The van der Waals surface area contributed by atoms with Crippen LogP contribution in [-0.2, 0) is 5.75 Å². The van der Waals surface area contributed by atoms with Gasteiger partial charge in [-0.2, -0.15) is 0 Å². The summed E-state index contributed by atoms with van der Waals surface area (Å²) in [7, 11) is 0. The number of benzene rings is 2. The molecule has 0 fully saturated rings. The topological polar surface area (TPSA) is 85.1 Å².